The lowest BCUT2D eigenvalue weighted by molar-refractivity contribution is -0.117. The summed E-state index contributed by atoms with van der Waals surface area (Å²) < 4.78 is 5.64. The maximum absolute atomic E-state index is 12.3. The predicted octanol–water partition coefficient (Wildman–Crippen LogP) is 2.92. The van der Waals surface area contributed by atoms with Crippen LogP contribution in [0.2, 0.25) is 0 Å². The standard InChI is InChI=1S/C22H22N6O2S/c23-13-17-15-3-1-4-16(15)20(18-5-2-11-30-18)26-21(17)28-9-7-27(8-10-28)14-19(29)25-22-24-6-12-31-22/h2,5-6,11-12H,1,3-4,7-10,14H2,(H,24,25,29). The molecule has 5 rings (SSSR count). The maximum Gasteiger partial charge on any atom is 0.240 e. The molecule has 8 nitrogen and oxygen atoms in total. The minimum absolute atomic E-state index is 0.0584. The van der Waals surface area contributed by atoms with Crippen molar-refractivity contribution in [2.45, 2.75) is 19.3 Å². The van der Waals surface area contributed by atoms with Crippen LogP contribution in [0.25, 0.3) is 11.5 Å². The molecule has 0 bridgehead atoms. The number of aromatic nitrogens is 2. The number of nitriles is 1. The highest BCUT2D eigenvalue weighted by atomic mass is 32.1. The molecule has 0 unspecified atom stereocenters. The summed E-state index contributed by atoms with van der Waals surface area (Å²) in [6.45, 7) is 3.20. The first kappa shape index (κ1) is 19.7. The third-order valence-corrected chi connectivity index (χ3v) is 6.52. The third-order valence-electron chi connectivity index (χ3n) is 5.83. The monoisotopic (exact) mass is 434 g/mol. The summed E-state index contributed by atoms with van der Waals surface area (Å²) in [7, 11) is 0. The van der Waals surface area contributed by atoms with Gasteiger partial charge in [-0.05, 0) is 42.5 Å². The van der Waals surface area contributed by atoms with Crippen molar-refractivity contribution in [1.29, 1.82) is 5.26 Å². The fraction of sp³-hybridized carbons (Fsp3) is 0.364. The van der Waals surface area contributed by atoms with Crippen molar-refractivity contribution in [3.05, 3.63) is 46.7 Å². The van der Waals surface area contributed by atoms with E-state index in [1.807, 2.05) is 17.5 Å². The van der Waals surface area contributed by atoms with Crippen LogP contribution in [0.3, 0.4) is 0 Å². The van der Waals surface area contributed by atoms with E-state index in [9.17, 15) is 10.1 Å². The summed E-state index contributed by atoms with van der Waals surface area (Å²) in [6, 6.07) is 6.21. The number of hydrogen-bond acceptors (Lipinski definition) is 8. The summed E-state index contributed by atoms with van der Waals surface area (Å²) in [5.41, 5.74) is 3.81. The van der Waals surface area contributed by atoms with Crippen LogP contribution in [0.5, 0.6) is 0 Å². The van der Waals surface area contributed by atoms with E-state index in [4.69, 9.17) is 9.40 Å². The number of carbonyl (C=O) groups is 1. The highest BCUT2D eigenvalue weighted by Crippen LogP contribution is 2.37. The number of thiazole rings is 1. The number of hydrogen-bond donors (Lipinski definition) is 1. The van der Waals surface area contributed by atoms with E-state index < -0.39 is 0 Å². The van der Waals surface area contributed by atoms with E-state index in [0.29, 0.717) is 30.3 Å². The number of nitrogens with zero attached hydrogens (tertiary/aromatic N) is 5. The van der Waals surface area contributed by atoms with Gasteiger partial charge in [0.2, 0.25) is 5.91 Å². The minimum atomic E-state index is -0.0584. The van der Waals surface area contributed by atoms with E-state index >= 15 is 0 Å². The van der Waals surface area contributed by atoms with Crippen molar-refractivity contribution in [3.8, 4) is 17.5 Å². The zero-order valence-corrected chi connectivity index (χ0v) is 17.8. The first-order valence-electron chi connectivity index (χ1n) is 10.4. The zero-order chi connectivity index (χ0) is 21.2. The van der Waals surface area contributed by atoms with Gasteiger partial charge in [-0.2, -0.15) is 5.26 Å². The Morgan fingerprint density at radius 2 is 2.10 bits per heavy atom. The summed E-state index contributed by atoms with van der Waals surface area (Å²) in [6.07, 6.45) is 6.19. The van der Waals surface area contributed by atoms with Gasteiger partial charge in [-0.3, -0.25) is 9.69 Å². The van der Waals surface area contributed by atoms with Crippen LogP contribution in [0.4, 0.5) is 10.9 Å². The second-order valence-corrected chi connectivity index (χ2v) is 8.60. The molecule has 1 amide bonds. The van der Waals surface area contributed by atoms with Crippen molar-refractivity contribution in [2.75, 3.05) is 42.9 Å². The molecule has 9 heteroatoms. The average molecular weight is 435 g/mol. The number of pyridine rings is 1. The lowest BCUT2D eigenvalue weighted by Crippen LogP contribution is -2.49. The van der Waals surface area contributed by atoms with Crippen LogP contribution in [-0.2, 0) is 17.6 Å². The van der Waals surface area contributed by atoms with E-state index in [1.165, 1.54) is 11.3 Å². The molecule has 1 saturated heterocycles. The van der Waals surface area contributed by atoms with E-state index in [2.05, 4.69) is 26.2 Å². The Kier molecular flexibility index (Phi) is 5.40. The van der Waals surface area contributed by atoms with Crippen LogP contribution in [0, 0.1) is 11.3 Å². The van der Waals surface area contributed by atoms with Gasteiger partial charge >= 0.3 is 0 Å². The largest absolute Gasteiger partial charge is 0.463 e. The van der Waals surface area contributed by atoms with Crippen molar-refractivity contribution in [2.24, 2.45) is 0 Å². The van der Waals surface area contributed by atoms with Gasteiger partial charge in [-0.25, -0.2) is 9.97 Å². The molecule has 1 fully saturated rings. The topological polar surface area (TPSA) is 98.3 Å². The third kappa shape index (κ3) is 3.92. The van der Waals surface area contributed by atoms with Gasteiger partial charge in [0.15, 0.2) is 10.9 Å². The fourth-order valence-corrected chi connectivity index (χ4v) is 4.92. The average Bonchev–Trinajstić information content (AvgIpc) is 3.55. The van der Waals surface area contributed by atoms with Crippen LogP contribution in [0.1, 0.15) is 23.1 Å². The second-order valence-electron chi connectivity index (χ2n) is 7.71. The normalized spacial score (nSPS) is 16.2. The summed E-state index contributed by atoms with van der Waals surface area (Å²) in [4.78, 5) is 25.6. The van der Waals surface area contributed by atoms with E-state index in [-0.39, 0.29) is 5.91 Å². The fourth-order valence-electron chi connectivity index (χ4n) is 4.37. The maximum atomic E-state index is 12.3. The van der Waals surface area contributed by atoms with Crippen LogP contribution >= 0.6 is 11.3 Å². The molecular weight excluding hydrogens is 412 g/mol. The Balaban J connectivity index is 1.33. The smallest absolute Gasteiger partial charge is 0.240 e. The Hall–Kier alpha value is -3.22. The molecule has 158 valence electrons. The van der Waals surface area contributed by atoms with Gasteiger partial charge in [0.25, 0.3) is 0 Å². The van der Waals surface area contributed by atoms with Gasteiger partial charge in [0, 0.05) is 37.8 Å². The molecular formula is C22H22N6O2S. The highest BCUT2D eigenvalue weighted by molar-refractivity contribution is 7.13. The molecule has 31 heavy (non-hydrogen) atoms. The van der Waals surface area contributed by atoms with Crippen LogP contribution in [0.15, 0.2) is 34.4 Å². The Morgan fingerprint density at radius 3 is 2.81 bits per heavy atom. The summed E-state index contributed by atoms with van der Waals surface area (Å²) in [5, 5.41) is 15.2. The molecule has 3 aromatic heterocycles. The number of fused-ring (bicyclic) bond motifs is 1. The minimum Gasteiger partial charge on any atom is -0.463 e. The Bertz CT molecular complexity index is 1110. The van der Waals surface area contributed by atoms with Gasteiger partial charge in [-0.1, -0.05) is 0 Å². The second kappa shape index (κ2) is 8.49. The number of piperazine rings is 1. The lowest BCUT2D eigenvalue weighted by Gasteiger charge is -2.35. The number of nitrogens with one attached hydrogen (secondary N) is 1. The van der Waals surface area contributed by atoms with Gasteiger partial charge in [0.1, 0.15) is 17.6 Å². The van der Waals surface area contributed by atoms with Crippen LogP contribution < -0.4 is 10.2 Å². The number of anilines is 2. The first-order chi connectivity index (χ1) is 15.2. The number of amides is 1. The van der Waals surface area contributed by atoms with Gasteiger partial charge in [-0.15, -0.1) is 11.3 Å². The summed E-state index contributed by atoms with van der Waals surface area (Å²) >= 11 is 1.41. The van der Waals surface area contributed by atoms with Gasteiger partial charge in [0.05, 0.1) is 18.4 Å². The molecule has 0 aromatic carbocycles. The molecule has 1 aliphatic carbocycles. The van der Waals surface area contributed by atoms with Crippen molar-refractivity contribution < 1.29 is 9.21 Å². The Morgan fingerprint density at radius 1 is 1.26 bits per heavy atom. The SMILES string of the molecule is N#Cc1c(N2CCN(CC(=O)Nc3nccs3)CC2)nc(-c2ccco2)c2c1CCC2. The van der Waals surface area contributed by atoms with Crippen molar-refractivity contribution in [1.82, 2.24) is 14.9 Å². The molecule has 1 N–H and O–H groups in total. The number of carbonyl (C=O) groups excluding carboxylic acids is 1. The van der Waals surface area contributed by atoms with Crippen LogP contribution in [-0.4, -0.2) is 53.5 Å². The van der Waals surface area contributed by atoms with Gasteiger partial charge < -0.3 is 14.6 Å². The lowest BCUT2D eigenvalue weighted by atomic mass is 10.0. The highest BCUT2D eigenvalue weighted by Gasteiger charge is 2.29. The molecule has 3 aromatic rings. The first-order valence-corrected chi connectivity index (χ1v) is 11.3. The molecule has 0 saturated carbocycles. The molecule has 1 aliphatic heterocycles. The quantitative estimate of drug-likeness (QED) is 0.659. The Labute approximate surface area is 184 Å². The zero-order valence-electron chi connectivity index (χ0n) is 17.0. The van der Waals surface area contributed by atoms with E-state index in [1.54, 1.807) is 12.5 Å². The van der Waals surface area contributed by atoms with Crippen molar-refractivity contribution in [3.63, 3.8) is 0 Å². The number of furan rings is 1. The summed E-state index contributed by atoms with van der Waals surface area (Å²) in [5.74, 6) is 1.43. The predicted molar refractivity (Wildman–Crippen MR) is 118 cm³/mol. The molecule has 0 spiro atoms. The molecule has 4 heterocycles. The molecule has 2 aliphatic rings. The van der Waals surface area contributed by atoms with E-state index in [0.717, 1.165) is 60.8 Å². The van der Waals surface area contributed by atoms with Crippen molar-refractivity contribution >= 4 is 28.2 Å². The molecule has 0 atom stereocenters. The molecule has 0 radical (unpaired) electrons. The number of rotatable bonds is 5.